The predicted molar refractivity (Wildman–Crippen MR) is 97.0 cm³/mol. The molecular formula is C16H23N3O6S. The molecule has 0 aliphatic carbocycles. The molecule has 9 nitrogen and oxygen atoms in total. The molecule has 3 N–H and O–H groups in total. The molecule has 1 aromatic carbocycles. The molecule has 1 heterocycles. The number of aliphatic carboxylic acids is 1. The molecule has 0 radical (unpaired) electrons. The van der Waals surface area contributed by atoms with Gasteiger partial charge in [-0.05, 0) is 31.9 Å². The summed E-state index contributed by atoms with van der Waals surface area (Å²) in [5, 5.41) is 11.8. The summed E-state index contributed by atoms with van der Waals surface area (Å²) in [5.74, 6) is -1.28. The first-order valence-corrected chi connectivity index (χ1v) is 9.88. The average Bonchev–Trinajstić information content (AvgIpc) is 2.62. The zero-order chi connectivity index (χ0) is 19.3. The van der Waals surface area contributed by atoms with Crippen LogP contribution in [0.1, 0.15) is 19.8 Å². The maximum atomic E-state index is 12.4. The van der Waals surface area contributed by atoms with E-state index >= 15 is 0 Å². The maximum absolute atomic E-state index is 12.4. The third-order valence-corrected chi connectivity index (χ3v) is 5.45. The summed E-state index contributed by atoms with van der Waals surface area (Å²) in [6, 6.07) is 4.15. The Hall–Kier alpha value is -2.49. The van der Waals surface area contributed by atoms with Gasteiger partial charge in [-0.3, -0.25) is 9.52 Å². The monoisotopic (exact) mass is 385 g/mol. The number of hydrogen-bond donors (Lipinski definition) is 3. The molecule has 2 rings (SSSR count). The van der Waals surface area contributed by atoms with Crippen molar-refractivity contribution < 1.29 is 27.9 Å². The summed E-state index contributed by atoms with van der Waals surface area (Å²) in [6.07, 6.45) is 1.19. The van der Waals surface area contributed by atoms with E-state index in [9.17, 15) is 18.0 Å². The number of ether oxygens (including phenoxy) is 1. The largest absolute Gasteiger partial charge is 0.494 e. The van der Waals surface area contributed by atoms with Crippen molar-refractivity contribution in [2.45, 2.75) is 19.8 Å². The van der Waals surface area contributed by atoms with Gasteiger partial charge in [0.15, 0.2) is 0 Å². The minimum Gasteiger partial charge on any atom is -0.494 e. The summed E-state index contributed by atoms with van der Waals surface area (Å²) in [7, 11) is -2.06. The molecule has 0 spiro atoms. The highest BCUT2D eigenvalue weighted by atomic mass is 32.2. The van der Waals surface area contributed by atoms with E-state index in [1.807, 2.05) is 0 Å². The first kappa shape index (κ1) is 19.8. The van der Waals surface area contributed by atoms with Crippen LogP contribution in [0.3, 0.4) is 0 Å². The highest BCUT2D eigenvalue weighted by Crippen LogP contribution is 2.29. The third-order valence-electron chi connectivity index (χ3n) is 4.16. The highest BCUT2D eigenvalue weighted by molar-refractivity contribution is 7.92. The lowest BCUT2D eigenvalue weighted by atomic mass is 9.99. The van der Waals surface area contributed by atoms with Crippen LogP contribution in [0.5, 0.6) is 5.75 Å². The van der Waals surface area contributed by atoms with Crippen LogP contribution in [0.4, 0.5) is 16.2 Å². The van der Waals surface area contributed by atoms with Crippen molar-refractivity contribution in [3.05, 3.63) is 18.2 Å². The number of piperidine rings is 1. The summed E-state index contributed by atoms with van der Waals surface area (Å²) >= 11 is 0. The van der Waals surface area contributed by atoms with Crippen molar-refractivity contribution in [2.75, 3.05) is 36.0 Å². The molecule has 0 saturated carbocycles. The number of rotatable bonds is 6. The van der Waals surface area contributed by atoms with Crippen molar-refractivity contribution in [1.82, 2.24) is 4.90 Å². The Morgan fingerprint density at radius 1 is 1.38 bits per heavy atom. The molecule has 0 aromatic heterocycles. The van der Waals surface area contributed by atoms with E-state index in [2.05, 4.69) is 10.0 Å². The number of anilines is 2. The second-order valence-corrected chi connectivity index (χ2v) is 7.99. The smallest absolute Gasteiger partial charge is 0.321 e. The third kappa shape index (κ3) is 5.01. The maximum Gasteiger partial charge on any atom is 0.321 e. The van der Waals surface area contributed by atoms with Crippen LogP contribution in [-0.4, -0.2) is 56.4 Å². The molecule has 2 amide bonds. The van der Waals surface area contributed by atoms with Crippen LogP contribution in [0.2, 0.25) is 0 Å². The van der Waals surface area contributed by atoms with E-state index in [0.29, 0.717) is 25.1 Å². The Kier molecular flexibility index (Phi) is 6.30. The molecule has 26 heavy (non-hydrogen) atoms. The first-order chi connectivity index (χ1) is 12.3. The standard InChI is InChI=1S/C16H23N3O6S/c1-3-26(23,24)18-13-7-6-12(9-14(13)25-2)17-16(22)19-8-4-5-11(10-19)15(20)21/h6-7,9,11,18H,3-5,8,10H2,1-2H3,(H,17,22)(H,20,21). The van der Waals surface area contributed by atoms with Crippen molar-refractivity contribution >= 4 is 33.4 Å². The lowest BCUT2D eigenvalue weighted by molar-refractivity contribution is -0.143. The van der Waals surface area contributed by atoms with Gasteiger partial charge in [0.25, 0.3) is 0 Å². The SMILES string of the molecule is CCS(=O)(=O)Nc1ccc(NC(=O)N2CCCC(C(=O)O)C2)cc1OC. The van der Waals surface area contributed by atoms with Gasteiger partial charge in [-0.25, -0.2) is 13.2 Å². The van der Waals surface area contributed by atoms with Crippen LogP contribution in [0, 0.1) is 5.92 Å². The number of benzene rings is 1. The van der Waals surface area contributed by atoms with Crippen LogP contribution in [0.15, 0.2) is 18.2 Å². The fraction of sp³-hybridized carbons (Fsp3) is 0.500. The van der Waals surface area contributed by atoms with Gasteiger partial charge in [0, 0.05) is 24.8 Å². The molecule has 0 bridgehead atoms. The number of carboxylic acids is 1. The number of carbonyl (C=O) groups excluding carboxylic acids is 1. The fourth-order valence-corrected chi connectivity index (χ4v) is 3.31. The number of nitrogens with one attached hydrogen (secondary N) is 2. The zero-order valence-corrected chi connectivity index (χ0v) is 15.5. The van der Waals surface area contributed by atoms with E-state index in [1.54, 1.807) is 6.07 Å². The number of methoxy groups -OCH3 is 1. The topological polar surface area (TPSA) is 125 Å². The van der Waals surface area contributed by atoms with E-state index in [1.165, 1.54) is 31.1 Å². The van der Waals surface area contributed by atoms with Gasteiger partial charge < -0.3 is 20.1 Å². The molecule has 1 unspecified atom stereocenters. The van der Waals surface area contributed by atoms with E-state index in [-0.39, 0.29) is 23.7 Å². The summed E-state index contributed by atoms with van der Waals surface area (Å²) in [6.45, 7) is 2.17. The van der Waals surface area contributed by atoms with Gasteiger partial charge in [-0.15, -0.1) is 0 Å². The summed E-state index contributed by atoms with van der Waals surface area (Å²) in [5.41, 5.74) is 0.694. The second kappa shape index (κ2) is 8.26. The fourth-order valence-electron chi connectivity index (χ4n) is 2.66. The van der Waals surface area contributed by atoms with Gasteiger partial charge in [-0.2, -0.15) is 0 Å². The lowest BCUT2D eigenvalue weighted by Gasteiger charge is -2.30. The van der Waals surface area contributed by atoms with E-state index in [0.717, 1.165) is 0 Å². The first-order valence-electron chi connectivity index (χ1n) is 8.23. The van der Waals surface area contributed by atoms with E-state index in [4.69, 9.17) is 9.84 Å². The molecule has 1 aliphatic rings. The molecule has 1 fully saturated rings. The number of sulfonamides is 1. The molecule has 1 aliphatic heterocycles. The predicted octanol–water partition coefficient (Wildman–Crippen LogP) is 1.79. The van der Waals surface area contributed by atoms with Crippen LogP contribution in [-0.2, 0) is 14.8 Å². The van der Waals surface area contributed by atoms with Gasteiger partial charge in [-0.1, -0.05) is 0 Å². The second-order valence-electron chi connectivity index (χ2n) is 5.97. The Bertz CT molecular complexity index is 780. The number of amides is 2. The molecule has 1 atom stereocenters. The minimum absolute atomic E-state index is 0.0751. The normalized spacial score (nSPS) is 17.5. The summed E-state index contributed by atoms with van der Waals surface area (Å²) in [4.78, 5) is 24.9. The average molecular weight is 385 g/mol. The number of carbonyl (C=O) groups is 2. The quantitative estimate of drug-likeness (QED) is 0.685. The molecule has 10 heteroatoms. The Balaban J connectivity index is 2.09. The Labute approximate surface area is 152 Å². The number of carboxylic acid groups (broad SMARTS) is 1. The molecule has 144 valence electrons. The molecule has 1 saturated heterocycles. The van der Waals surface area contributed by atoms with Crippen LogP contribution < -0.4 is 14.8 Å². The van der Waals surface area contributed by atoms with Gasteiger partial charge in [0.05, 0.1) is 24.5 Å². The Morgan fingerprint density at radius 2 is 2.12 bits per heavy atom. The zero-order valence-electron chi connectivity index (χ0n) is 14.7. The Morgan fingerprint density at radius 3 is 2.73 bits per heavy atom. The van der Waals surface area contributed by atoms with Crippen molar-refractivity contribution in [3.8, 4) is 5.75 Å². The van der Waals surface area contributed by atoms with Gasteiger partial charge in [0.1, 0.15) is 5.75 Å². The molecular weight excluding hydrogens is 362 g/mol. The van der Waals surface area contributed by atoms with Crippen LogP contribution in [0.25, 0.3) is 0 Å². The van der Waals surface area contributed by atoms with Crippen molar-refractivity contribution in [2.24, 2.45) is 5.92 Å². The molecule has 1 aromatic rings. The number of likely N-dealkylation sites (tertiary alicyclic amines) is 1. The number of urea groups is 1. The number of nitrogens with zero attached hydrogens (tertiary/aromatic N) is 1. The van der Waals surface area contributed by atoms with Crippen LogP contribution >= 0.6 is 0 Å². The number of hydrogen-bond acceptors (Lipinski definition) is 5. The highest BCUT2D eigenvalue weighted by Gasteiger charge is 2.28. The van der Waals surface area contributed by atoms with Gasteiger partial charge >= 0.3 is 12.0 Å². The summed E-state index contributed by atoms with van der Waals surface area (Å²) < 4.78 is 31.0. The lowest BCUT2D eigenvalue weighted by Crippen LogP contribution is -2.44. The van der Waals surface area contributed by atoms with Crippen molar-refractivity contribution in [3.63, 3.8) is 0 Å². The minimum atomic E-state index is -3.45. The van der Waals surface area contributed by atoms with E-state index < -0.39 is 27.9 Å². The van der Waals surface area contributed by atoms with Gasteiger partial charge in [0.2, 0.25) is 10.0 Å². The van der Waals surface area contributed by atoms with Crippen molar-refractivity contribution in [1.29, 1.82) is 0 Å².